The molecule has 1 saturated heterocycles. The average molecular weight is 286 g/mol. The van der Waals surface area contributed by atoms with Crippen LogP contribution in [-0.2, 0) is 11.3 Å². The number of primary amides is 1. The lowest BCUT2D eigenvalue weighted by molar-refractivity contribution is -0.119. The van der Waals surface area contributed by atoms with Crippen molar-refractivity contribution in [3.63, 3.8) is 0 Å². The minimum absolute atomic E-state index is 0.118. The zero-order chi connectivity index (χ0) is 15.1. The number of benzene rings is 1. The van der Waals surface area contributed by atoms with Crippen LogP contribution in [0.4, 0.5) is 0 Å². The number of rotatable bonds is 4. The summed E-state index contributed by atoms with van der Waals surface area (Å²) in [6.07, 6.45) is 2.55. The molecule has 0 unspecified atom stereocenters. The molecule has 0 bridgehead atoms. The van der Waals surface area contributed by atoms with Gasteiger partial charge in [0.1, 0.15) is 6.61 Å². The maximum atomic E-state index is 11.0. The summed E-state index contributed by atoms with van der Waals surface area (Å²) in [5.41, 5.74) is 7.42. The summed E-state index contributed by atoms with van der Waals surface area (Å²) in [5, 5.41) is 8.82. The fourth-order valence-corrected chi connectivity index (χ4v) is 2.79. The van der Waals surface area contributed by atoms with Gasteiger partial charge in [-0.2, -0.15) is 0 Å². The summed E-state index contributed by atoms with van der Waals surface area (Å²) in [6.45, 7) is 2.71. The minimum Gasteiger partial charge on any atom is -0.384 e. The second-order valence-electron chi connectivity index (χ2n) is 5.51. The van der Waals surface area contributed by atoms with Gasteiger partial charge in [0.25, 0.3) is 0 Å². The number of nitrogens with two attached hydrogens (primary N) is 1. The van der Waals surface area contributed by atoms with Gasteiger partial charge in [0.15, 0.2) is 0 Å². The highest BCUT2D eigenvalue weighted by Gasteiger charge is 2.20. The number of carbonyl (C=O) groups is 1. The molecule has 1 fully saturated rings. The van der Waals surface area contributed by atoms with Crippen molar-refractivity contribution in [1.82, 2.24) is 4.90 Å². The summed E-state index contributed by atoms with van der Waals surface area (Å²) in [7, 11) is 0. The Kier molecular flexibility index (Phi) is 5.79. The maximum absolute atomic E-state index is 11.0. The van der Waals surface area contributed by atoms with Gasteiger partial charge in [-0.3, -0.25) is 9.69 Å². The Balaban J connectivity index is 1.93. The first-order valence-corrected chi connectivity index (χ1v) is 7.37. The second-order valence-corrected chi connectivity index (χ2v) is 5.51. The lowest BCUT2D eigenvalue weighted by atomic mass is 9.93. The van der Waals surface area contributed by atoms with Crippen molar-refractivity contribution >= 4 is 5.91 Å². The molecule has 0 aromatic heterocycles. The van der Waals surface area contributed by atoms with Crippen LogP contribution in [0, 0.1) is 17.8 Å². The molecule has 0 aliphatic carbocycles. The Morgan fingerprint density at radius 3 is 2.71 bits per heavy atom. The first-order chi connectivity index (χ1) is 10.2. The Morgan fingerprint density at radius 2 is 2.05 bits per heavy atom. The Labute approximate surface area is 125 Å². The molecule has 1 aromatic carbocycles. The van der Waals surface area contributed by atoms with Gasteiger partial charge < -0.3 is 10.8 Å². The highest BCUT2D eigenvalue weighted by molar-refractivity contribution is 5.73. The van der Waals surface area contributed by atoms with Gasteiger partial charge in [-0.15, -0.1) is 0 Å². The van der Waals surface area contributed by atoms with Crippen LogP contribution in [0.3, 0.4) is 0 Å². The molecule has 1 aliphatic rings. The van der Waals surface area contributed by atoms with Crippen molar-refractivity contribution in [2.24, 2.45) is 11.7 Å². The molecular formula is C17H22N2O2. The highest BCUT2D eigenvalue weighted by atomic mass is 16.2. The Bertz CT molecular complexity index is 537. The van der Waals surface area contributed by atoms with E-state index in [1.807, 2.05) is 18.2 Å². The molecule has 112 valence electrons. The number of hydrogen-bond acceptors (Lipinski definition) is 3. The van der Waals surface area contributed by atoms with E-state index < -0.39 is 0 Å². The molecule has 1 aromatic rings. The lowest BCUT2D eigenvalue weighted by Gasteiger charge is -2.31. The van der Waals surface area contributed by atoms with Gasteiger partial charge in [0, 0.05) is 18.5 Å². The van der Waals surface area contributed by atoms with E-state index in [-0.39, 0.29) is 12.5 Å². The van der Waals surface area contributed by atoms with Crippen molar-refractivity contribution in [2.75, 3.05) is 19.7 Å². The van der Waals surface area contributed by atoms with Crippen molar-refractivity contribution in [3.8, 4) is 11.8 Å². The van der Waals surface area contributed by atoms with Crippen LogP contribution in [-0.4, -0.2) is 35.6 Å². The van der Waals surface area contributed by atoms with E-state index in [1.54, 1.807) is 0 Å². The topological polar surface area (TPSA) is 66.6 Å². The summed E-state index contributed by atoms with van der Waals surface area (Å²) >= 11 is 0. The Morgan fingerprint density at radius 1 is 1.33 bits per heavy atom. The number of carbonyl (C=O) groups excluding carboxylic acids is 1. The quantitative estimate of drug-likeness (QED) is 0.815. The van der Waals surface area contributed by atoms with Crippen molar-refractivity contribution in [3.05, 3.63) is 35.4 Å². The van der Waals surface area contributed by atoms with Gasteiger partial charge in [-0.1, -0.05) is 30.0 Å². The molecule has 1 heterocycles. The van der Waals surface area contributed by atoms with E-state index in [0.29, 0.717) is 12.3 Å². The Hall–Kier alpha value is -1.83. The SMILES string of the molecule is NC(=O)CC1CCN(Cc2ccccc2C#CCO)CC1. The normalized spacial score (nSPS) is 16.2. The van der Waals surface area contributed by atoms with Crippen molar-refractivity contribution < 1.29 is 9.90 Å². The van der Waals surface area contributed by atoms with E-state index >= 15 is 0 Å². The molecule has 2 rings (SSSR count). The monoisotopic (exact) mass is 286 g/mol. The number of likely N-dealkylation sites (tertiary alicyclic amines) is 1. The first kappa shape index (κ1) is 15.6. The average Bonchev–Trinajstić information content (AvgIpc) is 2.48. The number of piperidine rings is 1. The largest absolute Gasteiger partial charge is 0.384 e. The smallest absolute Gasteiger partial charge is 0.217 e. The fraction of sp³-hybridized carbons (Fsp3) is 0.471. The highest BCUT2D eigenvalue weighted by Crippen LogP contribution is 2.22. The molecule has 0 saturated carbocycles. The van der Waals surface area contributed by atoms with E-state index in [4.69, 9.17) is 10.8 Å². The van der Waals surface area contributed by atoms with Crippen LogP contribution in [0.1, 0.15) is 30.4 Å². The van der Waals surface area contributed by atoms with Crippen molar-refractivity contribution in [1.29, 1.82) is 0 Å². The van der Waals surface area contributed by atoms with Gasteiger partial charge >= 0.3 is 0 Å². The summed E-state index contributed by atoms with van der Waals surface area (Å²) in [4.78, 5) is 13.3. The molecular weight excluding hydrogens is 264 g/mol. The maximum Gasteiger partial charge on any atom is 0.217 e. The minimum atomic E-state index is -0.196. The molecule has 0 spiro atoms. The standard InChI is InChI=1S/C17H22N2O2/c18-17(21)12-14-7-9-19(10-8-14)13-16-5-2-1-4-15(16)6-3-11-20/h1-2,4-5,14,20H,7-13H2,(H2,18,21). The molecule has 0 radical (unpaired) electrons. The number of nitrogens with zero attached hydrogens (tertiary/aromatic N) is 1. The first-order valence-electron chi connectivity index (χ1n) is 7.37. The van der Waals surface area contributed by atoms with Crippen LogP contribution in [0.2, 0.25) is 0 Å². The molecule has 21 heavy (non-hydrogen) atoms. The van der Waals surface area contributed by atoms with E-state index in [1.165, 1.54) is 5.56 Å². The van der Waals surface area contributed by atoms with E-state index in [0.717, 1.165) is 38.0 Å². The zero-order valence-electron chi connectivity index (χ0n) is 12.2. The van der Waals surface area contributed by atoms with Gasteiger partial charge in [-0.25, -0.2) is 0 Å². The molecule has 3 N–H and O–H groups in total. The van der Waals surface area contributed by atoms with Gasteiger partial charge in [-0.05, 0) is 43.5 Å². The molecule has 0 atom stereocenters. The predicted molar refractivity (Wildman–Crippen MR) is 82.2 cm³/mol. The van der Waals surface area contributed by atoms with Crippen LogP contribution in [0.5, 0.6) is 0 Å². The predicted octanol–water partition coefficient (Wildman–Crippen LogP) is 1.12. The van der Waals surface area contributed by atoms with Gasteiger partial charge in [0.2, 0.25) is 5.91 Å². The zero-order valence-corrected chi connectivity index (χ0v) is 12.2. The second kappa shape index (κ2) is 7.82. The molecule has 4 nitrogen and oxygen atoms in total. The lowest BCUT2D eigenvalue weighted by Crippen LogP contribution is -2.34. The summed E-state index contributed by atoms with van der Waals surface area (Å²) < 4.78 is 0. The summed E-state index contributed by atoms with van der Waals surface area (Å²) in [6, 6.07) is 8.04. The van der Waals surface area contributed by atoms with Crippen molar-refractivity contribution in [2.45, 2.75) is 25.8 Å². The third-order valence-corrected chi connectivity index (χ3v) is 3.91. The van der Waals surface area contributed by atoms with Crippen LogP contribution in [0.15, 0.2) is 24.3 Å². The van der Waals surface area contributed by atoms with E-state index in [2.05, 4.69) is 22.8 Å². The molecule has 1 aliphatic heterocycles. The molecule has 4 heteroatoms. The van der Waals surface area contributed by atoms with Crippen LogP contribution >= 0.6 is 0 Å². The van der Waals surface area contributed by atoms with Crippen LogP contribution < -0.4 is 5.73 Å². The fourth-order valence-electron chi connectivity index (χ4n) is 2.79. The third kappa shape index (κ3) is 4.89. The van der Waals surface area contributed by atoms with Gasteiger partial charge in [0.05, 0.1) is 0 Å². The number of aliphatic hydroxyl groups is 1. The van der Waals surface area contributed by atoms with Crippen LogP contribution in [0.25, 0.3) is 0 Å². The summed E-state index contributed by atoms with van der Waals surface area (Å²) in [5.74, 6) is 5.94. The third-order valence-electron chi connectivity index (χ3n) is 3.91. The number of hydrogen-bond donors (Lipinski definition) is 2. The number of amides is 1. The van der Waals surface area contributed by atoms with E-state index in [9.17, 15) is 4.79 Å². The molecule has 1 amide bonds. The number of aliphatic hydroxyl groups excluding tert-OH is 1.